The molecule has 0 saturated heterocycles. The first-order valence-corrected chi connectivity index (χ1v) is 8.06. The Bertz CT molecular complexity index is 943. The number of carbonyl (C=O) groups is 1. The van der Waals surface area contributed by atoms with E-state index in [1.807, 2.05) is 48.5 Å². The summed E-state index contributed by atoms with van der Waals surface area (Å²) in [7, 11) is 0. The van der Waals surface area contributed by atoms with Crippen molar-refractivity contribution in [2.24, 2.45) is 5.11 Å². The van der Waals surface area contributed by atoms with Gasteiger partial charge in [0.25, 0.3) is 5.91 Å². The molecule has 0 bridgehead atoms. The van der Waals surface area contributed by atoms with Crippen LogP contribution in [0.2, 0.25) is 5.02 Å². The van der Waals surface area contributed by atoms with E-state index in [1.54, 1.807) is 4.68 Å². The Morgan fingerprint density at radius 2 is 2.00 bits per heavy atom. The molecule has 25 heavy (non-hydrogen) atoms. The molecule has 8 heteroatoms. The molecule has 1 heterocycles. The number of hydrogen-bond donors (Lipinski definition) is 1. The number of amides is 1. The largest absolute Gasteiger partial charge is 0.350 e. The summed E-state index contributed by atoms with van der Waals surface area (Å²) >= 11 is 5.92. The van der Waals surface area contributed by atoms with Crippen molar-refractivity contribution in [3.8, 4) is 0 Å². The van der Waals surface area contributed by atoms with Crippen molar-refractivity contribution in [2.75, 3.05) is 13.1 Å². The van der Waals surface area contributed by atoms with Crippen LogP contribution in [-0.4, -0.2) is 28.8 Å². The van der Waals surface area contributed by atoms with Crippen molar-refractivity contribution in [3.63, 3.8) is 0 Å². The van der Waals surface area contributed by atoms with Gasteiger partial charge in [-0.1, -0.05) is 47.0 Å². The number of nitrogens with one attached hydrogen (secondary N) is 1. The lowest BCUT2D eigenvalue weighted by molar-refractivity contribution is 0.0950. The smallest absolute Gasteiger partial charge is 0.272 e. The van der Waals surface area contributed by atoms with Gasteiger partial charge in [-0.05, 0) is 29.3 Å². The molecule has 0 radical (unpaired) electrons. The number of carbonyl (C=O) groups excluding carboxylic acids is 1. The molecule has 3 rings (SSSR count). The van der Waals surface area contributed by atoms with E-state index in [1.165, 1.54) is 0 Å². The third kappa shape index (κ3) is 3.91. The maximum atomic E-state index is 12.4. The molecule has 0 spiro atoms. The van der Waals surface area contributed by atoms with Crippen molar-refractivity contribution < 1.29 is 4.79 Å². The van der Waals surface area contributed by atoms with Gasteiger partial charge < -0.3 is 5.32 Å². The van der Waals surface area contributed by atoms with Crippen LogP contribution < -0.4 is 5.32 Å². The van der Waals surface area contributed by atoms with E-state index in [9.17, 15) is 4.79 Å². The molecule has 0 atom stereocenters. The summed E-state index contributed by atoms with van der Waals surface area (Å²) in [5.41, 5.74) is 10.5. The molecule has 0 aliphatic carbocycles. The van der Waals surface area contributed by atoms with Gasteiger partial charge >= 0.3 is 0 Å². The number of hydrogen-bond acceptors (Lipinski definition) is 3. The fourth-order valence-electron chi connectivity index (χ4n) is 2.53. The average molecular weight is 355 g/mol. The van der Waals surface area contributed by atoms with Gasteiger partial charge in [0, 0.05) is 28.4 Å². The number of azide groups is 1. The first kappa shape index (κ1) is 16.8. The molecule has 0 aliphatic heterocycles. The molecule has 7 nitrogen and oxygen atoms in total. The van der Waals surface area contributed by atoms with Crippen LogP contribution in [0.5, 0.6) is 0 Å². The molecule has 126 valence electrons. The Labute approximate surface area is 148 Å². The highest BCUT2D eigenvalue weighted by atomic mass is 35.5. The summed E-state index contributed by atoms with van der Waals surface area (Å²) in [6.45, 7) is 0.997. The molecule has 1 aromatic heterocycles. The van der Waals surface area contributed by atoms with Crippen LogP contribution in [0.3, 0.4) is 0 Å². The SMILES string of the molecule is [N-]=[N+]=NCCNC(=O)c1nn(Cc2ccc(Cl)cc2)c2ccccc12. The molecule has 0 unspecified atom stereocenters. The van der Waals surface area contributed by atoms with Crippen LogP contribution in [0.4, 0.5) is 0 Å². The van der Waals surface area contributed by atoms with E-state index < -0.39 is 0 Å². The van der Waals surface area contributed by atoms with Crippen LogP contribution in [0, 0.1) is 0 Å². The van der Waals surface area contributed by atoms with Gasteiger partial charge in [0.2, 0.25) is 0 Å². The number of rotatable bonds is 6. The van der Waals surface area contributed by atoms with Gasteiger partial charge in [-0.15, -0.1) is 0 Å². The summed E-state index contributed by atoms with van der Waals surface area (Å²) in [6, 6.07) is 15.1. The Morgan fingerprint density at radius 3 is 2.76 bits per heavy atom. The molecular weight excluding hydrogens is 340 g/mol. The minimum Gasteiger partial charge on any atom is -0.350 e. The number of benzene rings is 2. The van der Waals surface area contributed by atoms with Crippen LogP contribution in [0.15, 0.2) is 53.6 Å². The lowest BCUT2D eigenvalue weighted by Gasteiger charge is -2.04. The zero-order valence-corrected chi connectivity index (χ0v) is 14.0. The van der Waals surface area contributed by atoms with Gasteiger partial charge in [0.15, 0.2) is 5.69 Å². The molecule has 1 amide bonds. The normalized spacial score (nSPS) is 10.4. The van der Waals surface area contributed by atoms with Gasteiger partial charge in [0.05, 0.1) is 12.1 Å². The molecule has 0 aliphatic rings. The predicted octanol–water partition coefficient (Wildman–Crippen LogP) is 3.78. The van der Waals surface area contributed by atoms with Crippen LogP contribution in [0.1, 0.15) is 16.1 Å². The standard InChI is InChI=1S/C17H15ClN6O/c18-13-7-5-12(6-8-13)11-24-15-4-2-1-3-14(15)16(22-24)17(25)20-9-10-21-23-19/h1-8H,9-11H2,(H,20,25). The maximum Gasteiger partial charge on any atom is 0.272 e. The van der Waals surface area contributed by atoms with E-state index in [0.717, 1.165) is 16.5 Å². The second kappa shape index (κ2) is 7.70. The molecule has 1 N–H and O–H groups in total. The third-order valence-electron chi connectivity index (χ3n) is 3.68. The maximum absolute atomic E-state index is 12.4. The first-order chi connectivity index (χ1) is 12.2. The Balaban J connectivity index is 1.88. The highest BCUT2D eigenvalue weighted by Gasteiger charge is 2.16. The summed E-state index contributed by atoms with van der Waals surface area (Å²) in [6.07, 6.45) is 0. The van der Waals surface area contributed by atoms with Crippen molar-refractivity contribution in [1.82, 2.24) is 15.1 Å². The zero-order valence-electron chi connectivity index (χ0n) is 13.3. The monoisotopic (exact) mass is 354 g/mol. The highest BCUT2D eigenvalue weighted by Crippen LogP contribution is 2.20. The van der Waals surface area contributed by atoms with Crippen LogP contribution in [0.25, 0.3) is 21.3 Å². The summed E-state index contributed by atoms with van der Waals surface area (Å²) in [5, 5.41) is 12.0. The number of para-hydroxylation sites is 1. The lowest BCUT2D eigenvalue weighted by atomic mass is 10.2. The van der Waals surface area contributed by atoms with E-state index in [4.69, 9.17) is 17.1 Å². The molecule has 2 aromatic carbocycles. The van der Waals surface area contributed by atoms with Crippen molar-refractivity contribution in [3.05, 3.63) is 75.3 Å². The molecule has 3 aromatic rings. The average Bonchev–Trinajstić information content (AvgIpc) is 2.99. The fourth-order valence-corrected chi connectivity index (χ4v) is 2.65. The number of aromatic nitrogens is 2. The molecular formula is C17H15ClN6O. The van der Waals surface area contributed by atoms with Crippen molar-refractivity contribution >= 4 is 28.4 Å². The summed E-state index contributed by atoms with van der Waals surface area (Å²) in [4.78, 5) is 15.0. The Kier molecular flexibility index (Phi) is 5.18. The van der Waals surface area contributed by atoms with Crippen LogP contribution >= 0.6 is 11.6 Å². The lowest BCUT2D eigenvalue weighted by Crippen LogP contribution is -2.26. The minimum absolute atomic E-state index is 0.200. The Morgan fingerprint density at radius 1 is 1.24 bits per heavy atom. The second-order valence-electron chi connectivity index (χ2n) is 5.36. The van der Waals surface area contributed by atoms with Crippen LogP contribution in [-0.2, 0) is 6.54 Å². The van der Waals surface area contributed by atoms with E-state index in [2.05, 4.69) is 20.4 Å². The van der Waals surface area contributed by atoms with E-state index in [-0.39, 0.29) is 19.0 Å². The fraction of sp³-hybridized carbons (Fsp3) is 0.176. The topological polar surface area (TPSA) is 95.7 Å². The number of nitrogens with zero attached hydrogens (tertiary/aromatic N) is 5. The van der Waals surface area contributed by atoms with Crippen molar-refractivity contribution in [1.29, 1.82) is 0 Å². The Hall–Kier alpha value is -3.02. The number of halogens is 1. The second-order valence-corrected chi connectivity index (χ2v) is 5.80. The minimum atomic E-state index is -0.292. The van der Waals surface area contributed by atoms with Crippen molar-refractivity contribution in [2.45, 2.75) is 6.54 Å². The van der Waals surface area contributed by atoms with Gasteiger partial charge in [-0.2, -0.15) is 5.10 Å². The third-order valence-corrected chi connectivity index (χ3v) is 3.93. The molecule has 0 fully saturated rings. The number of fused-ring (bicyclic) bond motifs is 1. The predicted molar refractivity (Wildman–Crippen MR) is 96.6 cm³/mol. The highest BCUT2D eigenvalue weighted by molar-refractivity contribution is 6.30. The zero-order chi connectivity index (χ0) is 17.6. The first-order valence-electron chi connectivity index (χ1n) is 7.68. The van der Waals surface area contributed by atoms with Gasteiger partial charge in [0.1, 0.15) is 0 Å². The van der Waals surface area contributed by atoms with E-state index >= 15 is 0 Å². The summed E-state index contributed by atoms with van der Waals surface area (Å²) in [5.74, 6) is -0.292. The summed E-state index contributed by atoms with van der Waals surface area (Å²) < 4.78 is 1.79. The van der Waals surface area contributed by atoms with E-state index in [0.29, 0.717) is 17.3 Å². The van der Waals surface area contributed by atoms with Gasteiger partial charge in [-0.25, -0.2) is 0 Å². The quantitative estimate of drug-likeness (QED) is 0.315. The van der Waals surface area contributed by atoms with Gasteiger partial charge in [-0.3, -0.25) is 9.48 Å². The molecule has 0 saturated carbocycles.